The van der Waals surface area contributed by atoms with Gasteiger partial charge < -0.3 is 26.0 Å². The fourth-order valence-electron chi connectivity index (χ4n) is 5.31. The van der Waals surface area contributed by atoms with Crippen LogP contribution in [-0.2, 0) is 19.2 Å². The zero-order chi connectivity index (χ0) is 35.0. The quantitative estimate of drug-likeness (QED) is 0.0997. The zero-order valence-corrected chi connectivity index (χ0v) is 28.0. The van der Waals surface area contributed by atoms with E-state index in [-0.39, 0.29) is 47.0 Å². The van der Waals surface area contributed by atoms with E-state index >= 15 is 0 Å². The lowest BCUT2D eigenvalue weighted by Gasteiger charge is -2.27. The Hall–Kier alpha value is -4.92. The molecule has 0 radical (unpaired) electrons. The number of non-ortho nitro benzene ring substituents is 1. The highest BCUT2D eigenvalue weighted by atomic mass is 32.1. The van der Waals surface area contributed by atoms with Crippen molar-refractivity contribution in [1.29, 1.82) is 0 Å². The van der Waals surface area contributed by atoms with Gasteiger partial charge in [0.2, 0.25) is 23.5 Å². The van der Waals surface area contributed by atoms with Crippen molar-refractivity contribution >= 4 is 56.7 Å². The molecule has 256 valence electrons. The van der Waals surface area contributed by atoms with Crippen LogP contribution in [0.25, 0.3) is 10.2 Å². The van der Waals surface area contributed by atoms with Crippen LogP contribution in [0.15, 0.2) is 48.5 Å². The summed E-state index contributed by atoms with van der Waals surface area (Å²) >= 11 is 1.21. The van der Waals surface area contributed by atoms with E-state index in [0.717, 1.165) is 4.70 Å². The van der Waals surface area contributed by atoms with E-state index in [1.54, 1.807) is 19.9 Å². The van der Waals surface area contributed by atoms with Gasteiger partial charge >= 0.3 is 0 Å². The molecule has 2 aromatic carbocycles. The molecule has 0 spiro atoms. The maximum atomic E-state index is 13.8. The number of ketones is 1. The van der Waals surface area contributed by atoms with Crippen molar-refractivity contribution in [2.75, 3.05) is 13.2 Å². The van der Waals surface area contributed by atoms with E-state index in [2.05, 4.69) is 26.3 Å². The molecule has 0 bridgehead atoms. The number of hydrogen-bond acceptors (Lipinski definition) is 10. The van der Waals surface area contributed by atoms with Gasteiger partial charge in [0.15, 0.2) is 11.6 Å². The summed E-state index contributed by atoms with van der Waals surface area (Å²) in [4.78, 5) is 81.0. The number of nitro benzene ring substituents is 1. The third-order valence-corrected chi connectivity index (χ3v) is 8.89. The second kappa shape index (κ2) is 16.3. The van der Waals surface area contributed by atoms with Crippen LogP contribution in [0.4, 0.5) is 5.69 Å². The molecule has 48 heavy (non-hydrogen) atoms. The third kappa shape index (κ3) is 9.56. The third-order valence-electron chi connectivity index (χ3n) is 7.84. The Bertz CT molecular complexity index is 1620. The number of ether oxygens (including phenoxy) is 1. The molecule has 4 amide bonds. The minimum atomic E-state index is -1.06. The van der Waals surface area contributed by atoms with Crippen LogP contribution in [0.3, 0.4) is 0 Å². The lowest BCUT2D eigenvalue weighted by atomic mass is 9.94. The maximum Gasteiger partial charge on any atom is 0.269 e. The number of hydrogen-bond donors (Lipinski definition) is 4. The molecule has 14 nitrogen and oxygen atoms in total. The van der Waals surface area contributed by atoms with Crippen molar-refractivity contribution in [3.8, 4) is 5.75 Å². The summed E-state index contributed by atoms with van der Waals surface area (Å²) in [7, 11) is 0. The summed E-state index contributed by atoms with van der Waals surface area (Å²) in [5.74, 6) is -3.04. The predicted octanol–water partition coefficient (Wildman–Crippen LogP) is 3.15. The number of carbonyl (C=O) groups excluding carboxylic acids is 5. The first-order chi connectivity index (χ1) is 22.8. The fourth-order valence-corrected chi connectivity index (χ4v) is 6.27. The second-order valence-electron chi connectivity index (χ2n) is 12.4. The molecule has 4 rings (SSSR count). The van der Waals surface area contributed by atoms with E-state index in [4.69, 9.17) is 4.74 Å². The Morgan fingerprint density at radius 1 is 1.00 bits per heavy atom. The Morgan fingerprint density at radius 2 is 1.69 bits per heavy atom. The molecule has 15 heteroatoms. The van der Waals surface area contributed by atoms with Gasteiger partial charge in [-0.25, -0.2) is 4.98 Å². The number of Topliss-reactive ketones (excluding diaryl/α,β-unsaturated/α-hetero) is 1. The first kappa shape index (κ1) is 35.9. The summed E-state index contributed by atoms with van der Waals surface area (Å²) in [5, 5.41) is 22.0. The Morgan fingerprint density at radius 3 is 2.29 bits per heavy atom. The molecule has 1 aliphatic heterocycles. The molecule has 1 fully saturated rings. The fraction of sp³-hybridized carbons (Fsp3) is 0.455. The largest absolute Gasteiger partial charge is 0.484 e. The normalized spacial score (nSPS) is 16.2. The van der Waals surface area contributed by atoms with Gasteiger partial charge in [-0.1, -0.05) is 39.8 Å². The highest BCUT2D eigenvalue weighted by molar-refractivity contribution is 7.20. The molecule has 4 atom stereocenters. The first-order valence-corrected chi connectivity index (χ1v) is 16.6. The van der Waals surface area contributed by atoms with E-state index in [1.807, 2.05) is 32.0 Å². The molecule has 4 N–H and O–H groups in total. The van der Waals surface area contributed by atoms with Gasteiger partial charge in [0.1, 0.15) is 17.8 Å². The highest BCUT2D eigenvalue weighted by Gasteiger charge is 2.36. The van der Waals surface area contributed by atoms with Crippen molar-refractivity contribution in [1.82, 2.24) is 26.3 Å². The number of nitrogens with one attached hydrogen (secondary N) is 4. The van der Waals surface area contributed by atoms with Crippen molar-refractivity contribution in [2.45, 2.75) is 65.1 Å². The molecular weight excluding hydrogens is 640 g/mol. The number of benzene rings is 2. The molecule has 2 heterocycles. The molecule has 0 saturated carbocycles. The number of rotatable bonds is 16. The van der Waals surface area contributed by atoms with Gasteiger partial charge in [-0.3, -0.25) is 34.1 Å². The molecule has 1 aromatic heterocycles. The van der Waals surface area contributed by atoms with Gasteiger partial charge in [-0.05, 0) is 55.4 Å². The average molecular weight is 681 g/mol. The lowest BCUT2D eigenvalue weighted by Crippen LogP contribution is -2.57. The molecule has 1 saturated heterocycles. The Kier molecular flexibility index (Phi) is 12.2. The maximum absolute atomic E-state index is 13.8. The molecule has 0 aliphatic carbocycles. The summed E-state index contributed by atoms with van der Waals surface area (Å²) in [6, 6.07) is 9.39. The molecule has 1 aliphatic rings. The summed E-state index contributed by atoms with van der Waals surface area (Å²) in [5.41, 5.74) is 0.527. The van der Waals surface area contributed by atoms with Crippen molar-refractivity contribution in [2.24, 2.45) is 17.8 Å². The first-order valence-electron chi connectivity index (χ1n) is 15.8. The molecule has 3 aromatic rings. The van der Waals surface area contributed by atoms with E-state index in [1.165, 1.54) is 35.6 Å². The Balaban J connectivity index is 1.45. The number of amides is 4. The van der Waals surface area contributed by atoms with Gasteiger partial charge in [0.05, 0.1) is 21.2 Å². The van der Waals surface area contributed by atoms with Crippen LogP contribution in [0.2, 0.25) is 0 Å². The molecular formula is C33H40N6O8S. The van der Waals surface area contributed by atoms with Gasteiger partial charge in [-0.2, -0.15) is 0 Å². The van der Waals surface area contributed by atoms with Crippen molar-refractivity contribution in [3.05, 3.63) is 63.7 Å². The average Bonchev–Trinajstić information content (AvgIpc) is 3.67. The monoisotopic (exact) mass is 680 g/mol. The van der Waals surface area contributed by atoms with Crippen LogP contribution < -0.4 is 26.0 Å². The van der Waals surface area contributed by atoms with Gasteiger partial charge in [0, 0.05) is 24.6 Å². The number of aromatic nitrogens is 1. The van der Waals surface area contributed by atoms with Crippen LogP contribution in [0.5, 0.6) is 5.75 Å². The minimum Gasteiger partial charge on any atom is -0.484 e. The standard InChI is InChI=1S/C33H40N6O8S/c1-18(2)15-25(36-32(44)28(19(3)4)38-27(40)17-47-22-11-9-21(10-12-22)39(45)46)31(43)35-24(16-20-13-14-34-30(20)42)29(41)33-37-23-7-5-6-8-26(23)48-33/h5-12,18-20,24-25,28H,13-17H2,1-4H3,(H,34,42)(H,35,43)(H,36,44)(H,38,40)/t20-,24-,25-,28-/m1/s1. The smallest absolute Gasteiger partial charge is 0.269 e. The highest BCUT2D eigenvalue weighted by Crippen LogP contribution is 2.25. The number of thiazole rings is 1. The van der Waals surface area contributed by atoms with E-state index < -0.39 is 59.1 Å². The van der Waals surface area contributed by atoms with Gasteiger partial charge in [0.25, 0.3) is 11.6 Å². The van der Waals surface area contributed by atoms with Gasteiger partial charge in [-0.15, -0.1) is 11.3 Å². The predicted molar refractivity (Wildman–Crippen MR) is 178 cm³/mol. The van der Waals surface area contributed by atoms with E-state index in [9.17, 15) is 34.1 Å². The summed E-state index contributed by atoms with van der Waals surface area (Å²) < 4.78 is 6.24. The number of carbonyl (C=O) groups is 5. The zero-order valence-electron chi connectivity index (χ0n) is 27.2. The van der Waals surface area contributed by atoms with Crippen LogP contribution in [0, 0.1) is 27.9 Å². The van der Waals surface area contributed by atoms with Crippen molar-refractivity contribution < 1.29 is 33.6 Å². The minimum absolute atomic E-state index is 0.0257. The number of nitro groups is 1. The van der Waals surface area contributed by atoms with Crippen LogP contribution in [-0.4, -0.2) is 70.6 Å². The van der Waals surface area contributed by atoms with E-state index in [0.29, 0.717) is 18.5 Å². The van der Waals surface area contributed by atoms with Crippen LogP contribution in [0.1, 0.15) is 56.8 Å². The Labute approximate surface area is 281 Å². The lowest BCUT2D eigenvalue weighted by molar-refractivity contribution is -0.384. The number of nitrogens with zero attached hydrogens (tertiary/aromatic N) is 2. The number of para-hydroxylation sites is 1. The second-order valence-corrected chi connectivity index (χ2v) is 13.5. The summed E-state index contributed by atoms with van der Waals surface area (Å²) in [6.07, 6.45) is 0.841. The van der Waals surface area contributed by atoms with Crippen molar-refractivity contribution in [3.63, 3.8) is 0 Å². The topological polar surface area (TPSA) is 199 Å². The summed E-state index contributed by atoms with van der Waals surface area (Å²) in [6.45, 7) is 7.27. The SMILES string of the molecule is CC(C)C[C@@H](NC(=O)[C@H](NC(=O)COc1ccc([N+](=O)[O-])cc1)C(C)C)C(=O)N[C@H](C[C@H]1CCNC1=O)C(=O)c1nc2ccccc2s1. The molecule has 0 unspecified atom stereocenters. The van der Waals surface area contributed by atoms with Crippen LogP contribution >= 0.6 is 11.3 Å². The number of fused-ring (bicyclic) bond motifs is 1.